The Balaban J connectivity index is 1.75. The topological polar surface area (TPSA) is 108 Å². The number of amides is 2. The van der Waals surface area contributed by atoms with Crippen LogP contribution in [0.1, 0.15) is 60.3 Å². The second-order valence-electron chi connectivity index (χ2n) is 12.0. The van der Waals surface area contributed by atoms with Crippen molar-refractivity contribution in [3.05, 3.63) is 23.8 Å². The van der Waals surface area contributed by atoms with E-state index in [1.807, 2.05) is 0 Å². The predicted molar refractivity (Wildman–Crippen MR) is 130 cm³/mol. The van der Waals surface area contributed by atoms with Crippen LogP contribution in [0.3, 0.4) is 0 Å². The molecule has 1 saturated heterocycles. The maximum atomic E-state index is 12.4. The van der Waals surface area contributed by atoms with E-state index in [-0.39, 0.29) is 35.2 Å². The van der Waals surface area contributed by atoms with Crippen LogP contribution in [0.4, 0.5) is 4.79 Å². The Hall–Kier alpha value is -1.86. The van der Waals surface area contributed by atoms with Gasteiger partial charge >= 0.3 is 12.0 Å². The summed E-state index contributed by atoms with van der Waals surface area (Å²) >= 11 is 0. The van der Waals surface area contributed by atoms with Crippen LogP contribution in [-0.4, -0.2) is 53.1 Å². The molecule has 10 unspecified atom stereocenters. The van der Waals surface area contributed by atoms with E-state index in [2.05, 4.69) is 51.0 Å². The molecule has 1 aliphatic heterocycles. The van der Waals surface area contributed by atoms with E-state index in [1.54, 1.807) is 14.0 Å². The highest BCUT2D eigenvalue weighted by Gasteiger charge is 2.62. The molecule has 10 atom stereocenters. The van der Waals surface area contributed by atoms with Gasteiger partial charge in [-0.15, -0.1) is 0 Å². The summed E-state index contributed by atoms with van der Waals surface area (Å²) in [7, 11) is 1.64. The highest BCUT2D eigenvalue weighted by atomic mass is 16.6. The zero-order valence-electron chi connectivity index (χ0n) is 21.4. The molecular formula is C27H42N2O5. The molecule has 190 valence electrons. The van der Waals surface area contributed by atoms with Gasteiger partial charge in [0.2, 0.25) is 0 Å². The van der Waals surface area contributed by atoms with E-state index in [0.29, 0.717) is 23.8 Å². The van der Waals surface area contributed by atoms with Crippen LogP contribution in [0, 0.1) is 40.9 Å². The number of fused-ring (bicyclic) bond motifs is 3. The molecule has 2 amide bonds. The van der Waals surface area contributed by atoms with Crippen LogP contribution in [0.25, 0.3) is 0 Å². The molecule has 0 aromatic carbocycles. The molecular weight excluding hydrogens is 432 g/mol. The van der Waals surface area contributed by atoms with Crippen LogP contribution in [0.2, 0.25) is 0 Å². The van der Waals surface area contributed by atoms with Crippen molar-refractivity contribution in [1.29, 1.82) is 0 Å². The fraction of sp³-hybridized carbons (Fsp3) is 0.778. The Labute approximate surface area is 203 Å². The Morgan fingerprint density at radius 2 is 1.94 bits per heavy atom. The first-order valence-corrected chi connectivity index (χ1v) is 12.8. The summed E-state index contributed by atoms with van der Waals surface area (Å²) in [6.45, 7) is 15.1. The molecule has 3 fully saturated rings. The number of ether oxygens (including phenoxy) is 1. The fourth-order valence-corrected chi connectivity index (χ4v) is 8.09. The number of urea groups is 1. The van der Waals surface area contributed by atoms with Crippen LogP contribution in [0.5, 0.6) is 0 Å². The maximum absolute atomic E-state index is 12.4. The first kappa shape index (κ1) is 25.2. The molecule has 34 heavy (non-hydrogen) atoms. The van der Waals surface area contributed by atoms with Crippen molar-refractivity contribution in [1.82, 2.24) is 10.6 Å². The average Bonchev–Trinajstić information content (AvgIpc) is 3.05. The van der Waals surface area contributed by atoms with Gasteiger partial charge in [0.15, 0.2) is 6.10 Å². The first-order chi connectivity index (χ1) is 15.8. The first-order valence-electron chi connectivity index (χ1n) is 12.8. The van der Waals surface area contributed by atoms with Gasteiger partial charge in [0.05, 0.1) is 0 Å². The molecule has 0 radical (unpaired) electrons. The third-order valence-corrected chi connectivity index (χ3v) is 9.82. The van der Waals surface area contributed by atoms with Crippen molar-refractivity contribution in [3.8, 4) is 0 Å². The molecule has 4 aliphatic rings. The molecule has 0 spiro atoms. The van der Waals surface area contributed by atoms with E-state index in [4.69, 9.17) is 4.74 Å². The number of nitrogens with one attached hydrogen (secondary N) is 2. The van der Waals surface area contributed by atoms with E-state index < -0.39 is 29.7 Å². The SMILES string of the molecule is C=C1C2CC3C(C(C)C)C(NC(=O)NC)CC3(C)CC2/C(C)=C\CC2C(C)OC(=O)C(O)C12O. The Kier molecular flexibility index (Phi) is 6.43. The van der Waals surface area contributed by atoms with E-state index in [9.17, 15) is 19.8 Å². The number of rotatable bonds is 2. The van der Waals surface area contributed by atoms with Gasteiger partial charge in [-0.2, -0.15) is 0 Å². The van der Waals surface area contributed by atoms with Crippen LogP contribution >= 0.6 is 0 Å². The predicted octanol–water partition coefficient (Wildman–Crippen LogP) is 3.17. The highest BCUT2D eigenvalue weighted by Crippen LogP contribution is 2.63. The molecule has 4 rings (SSSR count). The minimum Gasteiger partial charge on any atom is -0.460 e. The number of carbonyl (C=O) groups is 2. The van der Waals surface area contributed by atoms with Crippen molar-refractivity contribution in [3.63, 3.8) is 0 Å². The van der Waals surface area contributed by atoms with Crippen molar-refractivity contribution in [2.75, 3.05) is 7.05 Å². The van der Waals surface area contributed by atoms with Gasteiger partial charge < -0.3 is 25.6 Å². The summed E-state index contributed by atoms with van der Waals surface area (Å²) < 4.78 is 5.38. The minimum atomic E-state index is -1.71. The summed E-state index contributed by atoms with van der Waals surface area (Å²) in [6, 6.07) is -0.0810. The van der Waals surface area contributed by atoms with Crippen LogP contribution in [-0.2, 0) is 9.53 Å². The largest absolute Gasteiger partial charge is 0.460 e. The number of aliphatic hydroxyl groups is 2. The maximum Gasteiger partial charge on any atom is 0.338 e. The molecule has 0 aromatic heterocycles. The number of hydrogen-bond donors (Lipinski definition) is 4. The number of aliphatic hydroxyl groups excluding tert-OH is 1. The van der Waals surface area contributed by atoms with Crippen LogP contribution < -0.4 is 10.6 Å². The Morgan fingerprint density at radius 3 is 2.56 bits per heavy atom. The fourth-order valence-electron chi connectivity index (χ4n) is 8.09. The monoisotopic (exact) mass is 474 g/mol. The van der Waals surface area contributed by atoms with Crippen molar-refractivity contribution >= 4 is 12.0 Å². The lowest BCUT2D eigenvalue weighted by molar-refractivity contribution is -0.209. The normalized spacial score (nSPS) is 47.9. The summed E-state index contributed by atoms with van der Waals surface area (Å²) in [4.78, 5) is 24.7. The van der Waals surface area contributed by atoms with Crippen LogP contribution in [0.15, 0.2) is 23.8 Å². The highest BCUT2D eigenvalue weighted by molar-refractivity contribution is 5.78. The zero-order valence-corrected chi connectivity index (χ0v) is 21.4. The smallest absolute Gasteiger partial charge is 0.338 e. The van der Waals surface area contributed by atoms with Gasteiger partial charge in [0.25, 0.3) is 0 Å². The average molecular weight is 475 g/mol. The lowest BCUT2D eigenvalue weighted by Gasteiger charge is -2.54. The van der Waals surface area contributed by atoms with E-state index >= 15 is 0 Å². The summed E-state index contributed by atoms with van der Waals surface area (Å²) in [6.07, 6.45) is 3.20. The molecule has 1 heterocycles. The van der Waals surface area contributed by atoms with Gasteiger partial charge in [0, 0.05) is 19.0 Å². The number of cyclic esters (lactones) is 1. The van der Waals surface area contributed by atoms with Gasteiger partial charge in [-0.3, -0.25) is 0 Å². The van der Waals surface area contributed by atoms with E-state index in [1.165, 1.54) is 5.57 Å². The molecule has 7 nitrogen and oxygen atoms in total. The Bertz CT molecular complexity index is 899. The van der Waals surface area contributed by atoms with Gasteiger partial charge in [-0.25, -0.2) is 9.59 Å². The number of esters is 1. The summed E-state index contributed by atoms with van der Waals surface area (Å²) in [5.74, 6) is -0.121. The molecule has 2 saturated carbocycles. The van der Waals surface area contributed by atoms with Crippen molar-refractivity contribution in [2.24, 2.45) is 40.9 Å². The number of hydrogen-bond acceptors (Lipinski definition) is 5. The van der Waals surface area contributed by atoms with Crippen molar-refractivity contribution in [2.45, 2.75) is 84.2 Å². The summed E-state index contributed by atoms with van der Waals surface area (Å²) in [5, 5.41) is 28.7. The molecule has 0 bridgehead atoms. The number of carbonyl (C=O) groups excluding carboxylic acids is 2. The van der Waals surface area contributed by atoms with Crippen molar-refractivity contribution < 1.29 is 24.5 Å². The van der Waals surface area contributed by atoms with Gasteiger partial charge in [0.1, 0.15) is 11.7 Å². The molecule has 0 aromatic rings. The minimum absolute atomic E-state index is 0.0375. The third-order valence-electron chi connectivity index (χ3n) is 9.82. The molecule has 7 heteroatoms. The standard InChI is InChI=1S/C27H42N2O5/c1-13(2)22-20-10-17-15(4)27(33)19(16(5)34-24(31)23(27)30)9-8-14(3)18(17)11-26(20,6)12-21(22)29-25(32)28-7/h8,13,16-23,30,33H,4,9-12H2,1-3,5-7H3,(H2,28,29,32)/b14-8-. The zero-order chi connectivity index (χ0) is 25.2. The molecule has 3 aliphatic carbocycles. The van der Waals surface area contributed by atoms with Gasteiger partial charge in [-0.05, 0) is 80.1 Å². The second-order valence-corrected chi connectivity index (χ2v) is 12.0. The summed E-state index contributed by atoms with van der Waals surface area (Å²) in [5.41, 5.74) is 0.165. The lowest BCUT2D eigenvalue weighted by atomic mass is 9.53. The van der Waals surface area contributed by atoms with E-state index in [0.717, 1.165) is 19.3 Å². The quantitative estimate of drug-likeness (QED) is 0.363. The third kappa shape index (κ3) is 3.70. The lowest BCUT2D eigenvalue weighted by Crippen LogP contribution is -2.63. The number of allylic oxidation sites excluding steroid dienone is 2. The molecule has 4 N–H and O–H groups in total. The van der Waals surface area contributed by atoms with Gasteiger partial charge in [-0.1, -0.05) is 39.0 Å². The Morgan fingerprint density at radius 1 is 1.26 bits per heavy atom. The second kappa shape index (κ2) is 8.66.